The van der Waals surface area contributed by atoms with Gasteiger partial charge in [-0.2, -0.15) is 0 Å². The van der Waals surface area contributed by atoms with Crippen LogP contribution in [-0.4, -0.2) is 50.7 Å². The molecule has 6 nitrogen and oxygen atoms in total. The molecule has 0 bridgehead atoms. The molecule has 0 radical (unpaired) electrons. The molecule has 0 saturated carbocycles. The maximum absolute atomic E-state index is 12.0. The van der Waals surface area contributed by atoms with Gasteiger partial charge in [0.1, 0.15) is 0 Å². The summed E-state index contributed by atoms with van der Waals surface area (Å²) in [4.78, 5) is 25.5. The van der Waals surface area contributed by atoms with Gasteiger partial charge in [-0.15, -0.1) is 0 Å². The lowest BCUT2D eigenvalue weighted by Gasteiger charge is -2.20. The molecule has 0 saturated heterocycles. The van der Waals surface area contributed by atoms with E-state index in [1.807, 2.05) is 13.8 Å². The van der Waals surface area contributed by atoms with Crippen LogP contribution >= 0.6 is 0 Å². The maximum Gasteiger partial charge on any atom is 0.310 e. The van der Waals surface area contributed by atoms with Gasteiger partial charge in [0, 0.05) is 13.1 Å². The number of methoxy groups -OCH3 is 2. The molecule has 0 aliphatic carbocycles. The van der Waals surface area contributed by atoms with Gasteiger partial charge in [0.2, 0.25) is 0 Å². The predicted octanol–water partition coefficient (Wildman–Crippen LogP) is 2.21. The van der Waals surface area contributed by atoms with Crippen molar-refractivity contribution < 1.29 is 23.8 Å². The average molecular weight is 335 g/mol. The van der Waals surface area contributed by atoms with E-state index < -0.39 is 5.97 Å². The largest absolute Gasteiger partial charge is 0.493 e. The van der Waals surface area contributed by atoms with Gasteiger partial charge in [-0.25, -0.2) is 0 Å². The number of esters is 1. The highest BCUT2D eigenvalue weighted by atomic mass is 16.5. The molecule has 1 aromatic carbocycles. The van der Waals surface area contributed by atoms with E-state index in [0.717, 1.165) is 11.1 Å². The lowest BCUT2D eigenvalue weighted by Crippen LogP contribution is -2.35. The van der Waals surface area contributed by atoms with Gasteiger partial charge in [-0.3, -0.25) is 9.59 Å². The van der Waals surface area contributed by atoms with Crippen molar-refractivity contribution in [3.8, 4) is 11.5 Å². The molecule has 0 aromatic heterocycles. The van der Waals surface area contributed by atoms with Crippen LogP contribution in [0, 0.1) is 0 Å². The van der Waals surface area contributed by atoms with Crippen molar-refractivity contribution in [1.82, 2.24) is 4.90 Å². The first-order valence-electron chi connectivity index (χ1n) is 7.69. The minimum atomic E-state index is -0.470. The summed E-state index contributed by atoms with van der Waals surface area (Å²) in [6, 6.07) is 5.18. The van der Waals surface area contributed by atoms with E-state index in [2.05, 4.69) is 6.58 Å². The highest BCUT2D eigenvalue weighted by Crippen LogP contribution is 2.27. The summed E-state index contributed by atoms with van der Waals surface area (Å²) in [7, 11) is 3.07. The van der Waals surface area contributed by atoms with Crippen molar-refractivity contribution in [2.24, 2.45) is 0 Å². The number of hydrogen-bond donors (Lipinski definition) is 0. The summed E-state index contributed by atoms with van der Waals surface area (Å²) >= 11 is 0. The Morgan fingerprint density at radius 3 is 2.38 bits per heavy atom. The maximum atomic E-state index is 12.0. The molecule has 0 unspecified atom stereocenters. The number of hydrogen-bond acceptors (Lipinski definition) is 5. The topological polar surface area (TPSA) is 65.1 Å². The first kappa shape index (κ1) is 19.5. The Morgan fingerprint density at radius 1 is 1.17 bits per heavy atom. The predicted molar refractivity (Wildman–Crippen MR) is 91.3 cm³/mol. The van der Waals surface area contributed by atoms with Gasteiger partial charge in [0.15, 0.2) is 18.1 Å². The molecular weight excluding hydrogens is 310 g/mol. The number of ether oxygens (including phenoxy) is 3. The number of amides is 1. The van der Waals surface area contributed by atoms with Crippen LogP contribution in [-0.2, 0) is 20.7 Å². The van der Waals surface area contributed by atoms with E-state index in [9.17, 15) is 9.59 Å². The quantitative estimate of drug-likeness (QED) is 0.511. The van der Waals surface area contributed by atoms with Gasteiger partial charge in [0.25, 0.3) is 5.91 Å². The minimum Gasteiger partial charge on any atom is -0.493 e. The summed E-state index contributed by atoms with van der Waals surface area (Å²) < 4.78 is 15.4. The number of likely N-dealkylation sites (N-methyl/N-ethyl adjacent to an activating group) is 1. The first-order valence-corrected chi connectivity index (χ1v) is 7.69. The van der Waals surface area contributed by atoms with Crippen LogP contribution in [0.2, 0.25) is 0 Å². The first-order chi connectivity index (χ1) is 11.4. The summed E-state index contributed by atoms with van der Waals surface area (Å²) in [6.07, 6.45) is 0.0558. The third-order valence-corrected chi connectivity index (χ3v) is 3.35. The summed E-state index contributed by atoms with van der Waals surface area (Å²) in [5, 5.41) is 0. The van der Waals surface area contributed by atoms with Gasteiger partial charge < -0.3 is 19.1 Å². The summed E-state index contributed by atoms with van der Waals surface area (Å²) in [5.41, 5.74) is 1.60. The molecule has 1 amide bonds. The molecule has 0 N–H and O–H groups in total. The van der Waals surface area contributed by atoms with Crippen LogP contribution < -0.4 is 9.47 Å². The fraction of sp³-hybridized carbons (Fsp3) is 0.444. The smallest absolute Gasteiger partial charge is 0.310 e. The molecule has 0 atom stereocenters. The molecule has 0 aliphatic heterocycles. The molecular formula is C18H25NO5. The Kier molecular flexibility index (Phi) is 7.82. The zero-order valence-electron chi connectivity index (χ0n) is 14.8. The molecule has 6 heteroatoms. The molecule has 0 heterocycles. The minimum absolute atomic E-state index is 0.0558. The number of carbonyl (C=O) groups excluding carboxylic acids is 2. The van der Waals surface area contributed by atoms with Crippen molar-refractivity contribution in [1.29, 1.82) is 0 Å². The number of rotatable bonds is 9. The van der Waals surface area contributed by atoms with Crippen LogP contribution in [0.4, 0.5) is 0 Å². The molecule has 24 heavy (non-hydrogen) atoms. The molecule has 0 fully saturated rings. The van der Waals surface area contributed by atoms with Crippen molar-refractivity contribution in [3.05, 3.63) is 35.9 Å². The van der Waals surface area contributed by atoms with Gasteiger partial charge in [0.05, 0.1) is 20.6 Å². The second-order valence-corrected chi connectivity index (χ2v) is 5.39. The normalized spacial score (nSPS) is 10.0. The van der Waals surface area contributed by atoms with Crippen molar-refractivity contribution in [2.75, 3.05) is 33.9 Å². The van der Waals surface area contributed by atoms with Crippen LogP contribution in [0.3, 0.4) is 0 Å². The van der Waals surface area contributed by atoms with Gasteiger partial charge in [-0.05, 0) is 31.5 Å². The fourth-order valence-corrected chi connectivity index (χ4v) is 2.14. The molecule has 1 aromatic rings. The van der Waals surface area contributed by atoms with Crippen molar-refractivity contribution in [3.63, 3.8) is 0 Å². The standard InChI is InChI=1S/C18H25NO5/c1-6-19(11-13(2)3)17(20)12-24-18(21)10-14-7-8-15(22-4)16(9-14)23-5/h7-9H,2,6,10-12H2,1,3-5H3. The highest BCUT2D eigenvalue weighted by molar-refractivity contribution is 5.81. The van der Waals surface area contributed by atoms with E-state index in [-0.39, 0.29) is 18.9 Å². The third-order valence-electron chi connectivity index (χ3n) is 3.35. The van der Waals surface area contributed by atoms with Crippen LogP contribution in [0.15, 0.2) is 30.4 Å². The molecule has 132 valence electrons. The fourth-order valence-electron chi connectivity index (χ4n) is 2.14. The van der Waals surface area contributed by atoms with Crippen molar-refractivity contribution >= 4 is 11.9 Å². The Balaban J connectivity index is 2.57. The van der Waals surface area contributed by atoms with Gasteiger partial charge >= 0.3 is 5.97 Å². The lowest BCUT2D eigenvalue weighted by atomic mass is 10.1. The van der Waals surface area contributed by atoms with Crippen LogP contribution in [0.25, 0.3) is 0 Å². The van der Waals surface area contributed by atoms with E-state index >= 15 is 0 Å². The van der Waals surface area contributed by atoms with E-state index in [1.165, 1.54) is 7.11 Å². The summed E-state index contributed by atoms with van der Waals surface area (Å²) in [6.45, 7) is 8.23. The Bertz CT molecular complexity index is 597. The van der Waals surface area contributed by atoms with Crippen molar-refractivity contribution in [2.45, 2.75) is 20.3 Å². The number of benzene rings is 1. The van der Waals surface area contributed by atoms with E-state index in [1.54, 1.807) is 30.2 Å². The average Bonchev–Trinajstić information content (AvgIpc) is 2.57. The monoisotopic (exact) mass is 335 g/mol. The Hall–Kier alpha value is -2.50. The molecule has 0 spiro atoms. The zero-order valence-corrected chi connectivity index (χ0v) is 14.8. The SMILES string of the molecule is C=C(C)CN(CC)C(=O)COC(=O)Cc1ccc(OC)c(OC)c1. The second kappa shape index (κ2) is 9.60. The van der Waals surface area contributed by atoms with Crippen LogP contribution in [0.1, 0.15) is 19.4 Å². The Morgan fingerprint density at radius 2 is 1.83 bits per heavy atom. The highest BCUT2D eigenvalue weighted by Gasteiger charge is 2.15. The van der Waals surface area contributed by atoms with E-state index in [0.29, 0.717) is 24.6 Å². The number of nitrogens with zero attached hydrogens (tertiary/aromatic N) is 1. The lowest BCUT2D eigenvalue weighted by molar-refractivity contribution is -0.151. The third kappa shape index (κ3) is 5.95. The molecule has 1 rings (SSSR count). The van der Waals surface area contributed by atoms with E-state index in [4.69, 9.17) is 14.2 Å². The molecule has 0 aliphatic rings. The second-order valence-electron chi connectivity index (χ2n) is 5.39. The number of carbonyl (C=O) groups is 2. The Labute approximate surface area is 143 Å². The summed E-state index contributed by atoms with van der Waals surface area (Å²) in [5.74, 6) is 0.420. The zero-order chi connectivity index (χ0) is 18.1. The van der Waals surface area contributed by atoms with Crippen LogP contribution in [0.5, 0.6) is 11.5 Å². The van der Waals surface area contributed by atoms with Gasteiger partial charge in [-0.1, -0.05) is 18.2 Å².